The molecule has 2 N–H and O–H groups in total. The molecule has 0 spiro atoms. The minimum atomic E-state index is 0.591. The predicted molar refractivity (Wildman–Crippen MR) is 69.9 cm³/mol. The number of rotatable bonds is 5. The third-order valence-electron chi connectivity index (χ3n) is 2.09. The number of aromatic nitrogens is 2. The Morgan fingerprint density at radius 1 is 1.41 bits per heavy atom. The second-order valence-corrected chi connectivity index (χ2v) is 4.21. The van der Waals surface area contributed by atoms with Crippen molar-refractivity contribution in [1.29, 1.82) is 0 Å². The quantitative estimate of drug-likeness (QED) is 0.888. The van der Waals surface area contributed by atoms with Gasteiger partial charge in [-0.3, -0.25) is 0 Å². The molecule has 2 aromatic rings. The molecule has 0 radical (unpaired) electrons. The lowest BCUT2D eigenvalue weighted by Gasteiger charge is -2.08. The van der Waals surface area contributed by atoms with Gasteiger partial charge >= 0.3 is 0 Å². The maximum atomic E-state index is 5.24. The van der Waals surface area contributed by atoms with Gasteiger partial charge in [0.15, 0.2) is 0 Å². The molecule has 90 valence electrons. The summed E-state index contributed by atoms with van der Waals surface area (Å²) in [6.45, 7) is 3.38. The van der Waals surface area contributed by atoms with Crippen molar-refractivity contribution < 1.29 is 4.42 Å². The number of hydrogen-bond acceptors (Lipinski definition) is 5. The van der Waals surface area contributed by atoms with Gasteiger partial charge in [-0.05, 0) is 35.0 Å². The Hall–Kier alpha value is -1.56. The van der Waals surface area contributed by atoms with E-state index in [-0.39, 0.29) is 0 Å². The van der Waals surface area contributed by atoms with Crippen molar-refractivity contribution in [2.45, 2.75) is 13.5 Å². The Morgan fingerprint density at radius 3 is 3.00 bits per heavy atom. The van der Waals surface area contributed by atoms with Gasteiger partial charge < -0.3 is 15.1 Å². The molecule has 2 aromatic heterocycles. The lowest BCUT2D eigenvalue weighted by Crippen LogP contribution is -2.06. The molecule has 0 fully saturated rings. The second-order valence-electron chi connectivity index (χ2n) is 3.35. The van der Waals surface area contributed by atoms with Crippen LogP contribution in [0.5, 0.6) is 0 Å². The molecule has 0 unspecified atom stereocenters. The largest absolute Gasteiger partial charge is 0.467 e. The van der Waals surface area contributed by atoms with Gasteiger partial charge in [0.1, 0.15) is 11.6 Å². The van der Waals surface area contributed by atoms with Crippen LogP contribution in [0.2, 0.25) is 0 Å². The number of nitrogens with one attached hydrogen (secondary N) is 2. The van der Waals surface area contributed by atoms with E-state index >= 15 is 0 Å². The van der Waals surface area contributed by atoms with E-state index in [1.807, 2.05) is 19.1 Å². The zero-order valence-corrected chi connectivity index (χ0v) is 11.0. The van der Waals surface area contributed by atoms with Crippen LogP contribution in [0.1, 0.15) is 12.7 Å². The van der Waals surface area contributed by atoms with E-state index in [1.54, 1.807) is 12.5 Å². The molecule has 2 rings (SSSR count). The summed E-state index contributed by atoms with van der Waals surface area (Å²) >= 11 is 3.40. The predicted octanol–water partition coefficient (Wildman–Crippen LogP) is 2.88. The lowest BCUT2D eigenvalue weighted by atomic mass is 10.4. The van der Waals surface area contributed by atoms with Gasteiger partial charge in [-0.2, -0.15) is 4.98 Å². The van der Waals surface area contributed by atoms with Crippen LogP contribution >= 0.6 is 15.9 Å². The number of furan rings is 1. The van der Waals surface area contributed by atoms with E-state index in [2.05, 4.69) is 36.5 Å². The van der Waals surface area contributed by atoms with Gasteiger partial charge in [-0.25, -0.2) is 4.98 Å². The second kappa shape index (κ2) is 5.67. The van der Waals surface area contributed by atoms with Crippen LogP contribution < -0.4 is 10.6 Å². The SMILES string of the molecule is CCNc1ncc(Br)c(NCc2ccco2)n1. The summed E-state index contributed by atoms with van der Waals surface area (Å²) < 4.78 is 6.06. The molecule has 0 aliphatic heterocycles. The van der Waals surface area contributed by atoms with Crippen molar-refractivity contribution in [2.75, 3.05) is 17.2 Å². The molecule has 0 atom stereocenters. The normalized spacial score (nSPS) is 10.2. The summed E-state index contributed by atoms with van der Waals surface area (Å²) in [5.41, 5.74) is 0. The zero-order chi connectivity index (χ0) is 12.1. The first-order chi connectivity index (χ1) is 8.29. The van der Waals surface area contributed by atoms with E-state index in [4.69, 9.17) is 4.42 Å². The highest BCUT2D eigenvalue weighted by Crippen LogP contribution is 2.20. The molecule has 0 bridgehead atoms. The van der Waals surface area contributed by atoms with Crippen LogP contribution in [0.3, 0.4) is 0 Å². The van der Waals surface area contributed by atoms with Crippen LogP contribution in [-0.4, -0.2) is 16.5 Å². The molecule has 17 heavy (non-hydrogen) atoms. The first kappa shape index (κ1) is 11.9. The van der Waals surface area contributed by atoms with Gasteiger partial charge in [0, 0.05) is 12.7 Å². The third-order valence-corrected chi connectivity index (χ3v) is 2.67. The minimum Gasteiger partial charge on any atom is -0.467 e. The smallest absolute Gasteiger partial charge is 0.224 e. The molecule has 0 amide bonds. The van der Waals surface area contributed by atoms with Crippen LogP contribution in [0.4, 0.5) is 11.8 Å². The van der Waals surface area contributed by atoms with Gasteiger partial charge in [0.2, 0.25) is 5.95 Å². The Labute approximate surface area is 108 Å². The number of hydrogen-bond donors (Lipinski definition) is 2. The first-order valence-electron chi connectivity index (χ1n) is 5.32. The Bertz CT molecular complexity index is 472. The average Bonchev–Trinajstić information content (AvgIpc) is 2.83. The summed E-state index contributed by atoms with van der Waals surface area (Å²) in [6, 6.07) is 3.77. The fraction of sp³-hybridized carbons (Fsp3) is 0.273. The molecule has 5 nitrogen and oxygen atoms in total. The van der Waals surface area contributed by atoms with Crippen molar-refractivity contribution in [1.82, 2.24) is 9.97 Å². The van der Waals surface area contributed by atoms with Crippen molar-refractivity contribution in [3.05, 3.63) is 34.8 Å². The third kappa shape index (κ3) is 3.20. The van der Waals surface area contributed by atoms with E-state index in [1.165, 1.54) is 0 Å². The van der Waals surface area contributed by atoms with E-state index < -0.39 is 0 Å². The Kier molecular flexibility index (Phi) is 3.98. The topological polar surface area (TPSA) is 63.0 Å². The molecule has 2 heterocycles. The molecule has 0 aliphatic carbocycles. The van der Waals surface area contributed by atoms with Gasteiger partial charge in [-0.15, -0.1) is 0 Å². The zero-order valence-electron chi connectivity index (χ0n) is 9.40. The van der Waals surface area contributed by atoms with Crippen LogP contribution in [0.25, 0.3) is 0 Å². The van der Waals surface area contributed by atoms with E-state index in [9.17, 15) is 0 Å². The molecule has 0 aromatic carbocycles. The highest BCUT2D eigenvalue weighted by Gasteiger charge is 2.05. The maximum absolute atomic E-state index is 5.24. The Balaban J connectivity index is 2.06. The summed E-state index contributed by atoms with van der Waals surface area (Å²) in [7, 11) is 0. The number of halogens is 1. The van der Waals surface area contributed by atoms with E-state index in [0.717, 1.165) is 22.6 Å². The highest BCUT2D eigenvalue weighted by molar-refractivity contribution is 9.10. The molecule has 0 saturated carbocycles. The summed E-state index contributed by atoms with van der Waals surface area (Å²) in [5, 5.41) is 6.24. The lowest BCUT2D eigenvalue weighted by molar-refractivity contribution is 0.517. The monoisotopic (exact) mass is 296 g/mol. The first-order valence-corrected chi connectivity index (χ1v) is 6.11. The minimum absolute atomic E-state index is 0.591. The Morgan fingerprint density at radius 2 is 2.29 bits per heavy atom. The van der Waals surface area contributed by atoms with Gasteiger partial charge in [0.25, 0.3) is 0 Å². The average molecular weight is 297 g/mol. The van der Waals surface area contributed by atoms with Crippen LogP contribution in [0.15, 0.2) is 33.5 Å². The maximum Gasteiger partial charge on any atom is 0.224 e. The van der Waals surface area contributed by atoms with Gasteiger partial charge in [0.05, 0.1) is 17.3 Å². The number of nitrogens with zero attached hydrogens (tertiary/aromatic N) is 2. The molecular formula is C11H13BrN4O. The summed E-state index contributed by atoms with van der Waals surface area (Å²) in [4.78, 5) is 8.48. The summed E-state index contributed by atoms with van der Waals surface area (Å²) in [5.74, 6) is 2.21. The van der Waals surface area contributed by atoms with Crippen LogP contribution in [0, 0.1) is 0 Å². The van der Waals surface area contributed by atoms with Crippen molar-refractivity contribution >= 4 is 27.7 Å². The summed E-state index contributed by atoms with van der Waals surface area (Å²) in [6.07, 6.45) is 3.37. The molecule has 6 heteroatoms. The number of anilines is 2. The highest BCUT2D eigenvalue weighted by atomic mass is 79.9. The fourth-order valence-corrected chi connectivity index (χ4v) is 1.65. The van der Waals surface area contributed by atoms with Crippen molar-refractivity contribution in [3.8, 4) is 0 Å². The van der Waals surface area contributed by atoms with Crippen molar-refractivity contribution in [3.63, 3.8) is 0 Å². The standard InChI is InChI=1S/C11H13BrN4O/c1-2-13-11-15-7-9(12)10(16-11)14-6-8-4-3-5-17-8/h3-5,7H,2,6H2,1H3,(H2,13,14,15,16). The van der Waals surface area contributed by atoms with E-state index in [0.29, 0.717) is 12.5 Å². The molecule has 0 aliphatic rings. The van der Waals surface area contributed by atoms with Crippen LogP contribution in [-0.2, 0) is 6.54 Å². The van der Waals surface area contributed by atoms with Crippen molar-refractivity contribution in [2.24, 2.45) is 0 Å². The fourth-order valence-electron chi connectivity index (χ4n) is 1.32. The molecule has 0 saturated heterocycles. The van der Waals surface area contributed by atoms with Gasteiger partial charge in [-0.1, -0.05) is 0 Å². The molecular weight excluding hydrogens is 284 g/mol.